The Balaban J connectivity index is 1.96. The van der Waals surface area contributed by atoms with E-state index in [1.165, 1.54) is 12.1 Å². The van der Waals surface area contributed by atoms with Gasteiger partial charge in [0.1, 0.15) is 5.58 Å². The van der Waals surface area contributed by atoms with Crippen LogP contribution in [0.3, 0.4) is 0 Å². The van der Waals surface area contributed by atoms with Gasteiger partial charge in [-0.05, 0) is 36.6 Å². The second-order valence-corrected chi connectivity index (χ2v) is 6.35. The highest BCUT2D eigenvalue weighted by atomic mass is 19.4. The van der Waals surface area contributed by atoms with E-state index in [2.05, 4.69) is 17.9 Å². The van der Waals surface area contributed by atoms with E-state index in [0.717, 1.165) is 17.7 Å². The lowest BCUT2D eigenvalue weighted by atomic mass is 10.1. The third-order valence-corrected chi connectivity index (χ3v) is 4.24. The average Bonchev–Trinajstić information content (AvgIpc) is 3.09. The van der Waals surface area contributed by atoms with Gasteiger partial charge in [0.25, 0.3) is 0 Å². The number of furan rings is 1. The molecule has 0 fully saturated rings. The smallest absolute Gasteiger partial charge is 0.463 e. The maximum Gasteiger partial charge on any atom is 0.573 e. The van der Waals surface area contributed by atoms with Crippen molar-refractivity contribution in [2.24, 2.45) is 0 Å². The molecule has 0 aliphatic heterocycles. The van der Waals surface area contributed by atoms with Gasteiger partial charge in [-0.3, -0.25) is 0 Å². The van der Waals surface area contributed by atoms with E-state index in [-0.39, 0.29) is 12.2 Å². The van der Waals surface area contributed by atoms with E-state index in [9.17, 15) is 22.8 Å². The number of alkyl halides is 3. The summed E-state index contributed by atoms with van der Waals surface area (Å²) in [4.78, 5) is 22.6. The SMILES string of the molecule is C=CC(=O)OCCCc1ccc2c(c1)oc1c(OC(F)(F)F)c(OC(=O)C=C)ccc12. The van der Waals surface area contributed by atoms with Crippen molar-refractivity contribution in [2.45, 2.75) is 19.2 Å². The van der Waals surface area contributed by atoms with E-state index in [1.807, 2.05) is 0 Å². The predicted octanol–water partition coefficient (Wildman–Crippen LogP) is 5.24. The van der Waals surface area contributed by atoms with Crippen LogP contribution in [0.25, 0.3) is 21.9 Å². The number of hydrogen-bond acceptors (Lipinski definition) is 6. The summed E-state index contributed by atoms with van der Waals surface area (Å²) in [5.74, 6) is -2.66. The van der Waals surface area contributed by atoms with Crippen LogP contribution in [-0.2, 0) is 20.7 Å². The Labute approximate surface area is 174 Å². The summed E-state index contributed by atoms with van der Waals surface area (Å²) in [6.45, 7) is 6.73. The van der Waals surface area contributed by atoms with Gasteiger partial charge in [0.05, 0.1) is 6.61 Å². The summed E-state index contributed by atoms with van der Waals surface area (Å²) in [5.41, 5.74) is 0.950. The highest BCUT2D eigenvalue weighted by Crippen LogP contribution is 2.43. The van der Waals surface area contributed by atoms with Crippen LogP contribution in [0.1, 0.15) is 12.0 Å². The van der Waals surface area contributed by atoms with Crippen molar-refractivity contribution in [3.05, 3.63) is 61.2 Å². The topological polar surface area (TPSA) is 75.0 Å². The minimum absolute atomic E-state index is 0.199. The van der Waals surface area contributed by atoms with Crippen LogP contribution < -0.4 is 9.47 Å². The molecule has 9 heteroatoms. The number of rotatable bonds is 8. The summed E-state index contributed by atoms with van der Waals surface area (Å²) in [6, 6.07) is 7.85. The van der Waals surface area contributed by atoms with Crippen LogP contribution in [0, 0.1) is 0 Å². The van der Waals surface area contributed by atoms with Crippen molar-refractivity contribution < 1.29 is 41.4 Å². The molecule has 0 saturated heterocycles. The molecule has 1 heterocycles. The minimum atomic E-state index is -5.03. The molecule has 0 radical (unpaired) electrons. The maximum absolute atomic E-state index is 13.0. The first-order valence-electron chi connectivity index (χ1n) is 9.09. The molecule has 3 rings (SSSR count). The molecule has 6 nitrogen and oxygen atoms in total. The number of aryl methyl sites for hydroxylation is 1. The third-order valence-electron chi connectivity index (χ3n) is 4.24. The molecule has 0 aliphatic rings. The molecular weight excluding hydrogens is 417 g/mol. The van der Waals surface area contributed by atoms with Crippen molar-refractivity contribution >= 4 is 33.9 Å². The summed E-state index contributed by atoms with van der Waals surface area (Å²) >= 11 is 0. The number of hydrogen-bond donors (Lipinski definition) is 0. The average molecular weight is 434 g/mol. The first kappa shape index (κ1) is 21.9. The lowest BCUT2D eigenvalue weighted by molar-refractivity contribution is -0.274. The van der Waals surface area contributed by atoms with Crippen molar-refractivity contribution in [2.75, 3.05) is 6.61 Å². The van der Waals surface area contributed by atoms with Gasteiger partial charge in [-0.25, -0.2) is 9.59 Å². The maximum atomic E-state index is 13.0. The molecule has 1 aromatic heterocycles. The molecule has 2 aromatic carbocycles. The Morgan fingerprint density at radius 3 is 2.42 bits per heavy atom. The van der Waals surface area contributed by atoms with Crippen LogP contribution in [-0.4, -0.2) is 24.9 Å². The molecule has 31 heavy (non-hydrogen) atoms. The Morgan fingerprint density at radius 1 is 1.03 bits per heavy atom. The van der Waals surface area contributed by atoms with Crippen LogP contribution in [0.5, 0.6) is 11.5 Å². The van der Waals surface area contributed by atoms with Gasteiger partial charge in [0.2, 0.25) is 5.75 Å². The number of halogens is 3. The van der Waals surface area contributed by atoms with Crippen molar-refractivity contribution in [1.82, 2.24) is 0 Å². The highest BCUT2D eigenvalue weighted by Gasteiger charge is 2.35. The number of esters is 2. The molecule has 3 aromatic rings. The highest BCUT2D eigenvalue weighted by molar-refractivity contribution is 6.08. The summed E-state index contributed by atoms with van der Waals surface area (Å²) < 4.78 is 58.5. The van der Waals surface area contributed by atoms with Gasteiger partial charge in [0.15, 0.2) is 11.3 Å². The lowest BCUT2D eigenvalue weighted by Crippen LogP contribution is -2.18. The predicted molar refractivity (Wildman–Crippen MR) is 106 cm³/mol. The zero-order valence-corrected chi connectivity index (χ0v) is 16.2. The first-order valence-corrected chi connectivity index (χ1v) is 9.09. The molecule has 0 bridgehead atoms. The Kier molecular flexibility index (Phi) is 6.33. The van der Waals surface area contributed by atoms with Crippen molar-refractivity contribution in [3.8, 4) is 11.5 Å². The largest absolute Gasteiger partial charge is 0.573 e. The van der Waals surface area contributed by atoms with Gasteiger partial charge >= 0.3 is 18.3 Å². The first-order chi connectivity index (χ1) is 14.7. The molecule has 0 unspecified atom stereocenters. The summed E-state index contributed by atoms with van der Waals surface area (Å²) in [6.07, 6.45) is -2.06. The molecule has 0 saturated carbocycles. The number of ether oxygens (including phenoxy) is 3. The fraction of sp³-hybridized carbons (Fsp3) is 0.182. The van der Waals surface area contributed by atoms with Crippen LogP contribution in [0.2, 0.25) is 0 Å². The standard InChI is InChI=1S/C22H17F3O6/c1-3-18(26)28-11-5-6-13-7-8-14-15-9-10-16(29-19(27)4-2)21(31-22(23,24)25)20(15)30-17(14)12-13/h3-4,7-10,12H,1-2,5-6,11H2. The zero-order chi connectivity index (χ0) is 22.6. The molecule has 0 aliphatic carbocycles. The van der Waals surface area contributed by atoms with E-state index >= 15 is 0 Å². The van der Waals surface area contributed by atoms with E-state index in [0.29, 0.717) is 29.2 Å². The fourth-order valence-electron chi connectivity index (χ4n) is 2.95. The van der Waals surface area contributed by atoms with Gasteiger partial charge in [-0.2, -0.15) is 0 Å². The van der Waals surface area contributed by atoms with Crippen LogP contribution >= 0.6 is 0 Å². The van der Waals surface area contributed by atoms with Gasteiger partial charge in [-0.15, -0.1) is 13.2 Å². The van der Waals surface area contributed by atoms with Crippen molar-refractivity contribution in [1.29, 1.82) is 0 Å². The molecule has 0 spiro atoms. The van der Waals surface area contributed by atoms with Crippen molar-refractivity contribution in [3.63, 3.8) is 0 Å². The number of fused-ring (bicyclic) bond motifs is 3. The number of carbonyl (C=O) groups is 2. The number of benzene rings is 2. The normalized spacial score (nSPS) is 11.3. The Bertz CT molecular complexity index is 1160. The summed E-state index contributed by atoms with van der Waals surface area (Å²) in [7, 11) is 0. The lowest BCUT2D eigenvalue weighted by Gasteiger charge is -2.12. The van der Waals surface area contributed by atoms with E-state index in [1.54, 1.807) is 18.2 Å². The monoisotopic (exact) mass is 434 g/mol. The Morgan fingerprint density at radius 2 is 1.74 bits per heavy atom. The molecule has 162 valence electrons. The summed E-state index contributed by atoms with van der Waals surface area (Å²) in [5, 5.41) is 0.921. The van der Waals surface area contributed by atoms with Gasteiger partial charge in [-0.1, -0.05) is 25.3 Å². The fourth-order valence-corrected chi connectivity index (χ4v) is 2.95. The van der Waals surface area contributed by atoms with E-state index in [4.69, 9.17) is 13.9 Å². The van der Waals surface area contributed by atoms with Crippen LogP contribution in [0.15, 0.2) is 60.1 Å². The van der Waals surface area contributed by atoms with Gasteiger partial charge < -0.3 is 18.6 Å². The quantitative estimate of drug-likeness (QED) is 0.209. The van der Waals surface area contributed by atoms with E-state index < -0.39 is 29.8 Å². The second kappa shape index (κ2) is 8.95. The molecular formula is C22H17F3O6. The number of carbonyl (C=O) groups excluding carboxylic acids is 2. The Hall–Kier alpha value is -3.75. The minimum Gasteiger partial charge on any atom is -0.463 e. The third kappa shape index (κ3) is 5.25. The molecule has 0 atom stereocenters. The zero-order valence-electron chi connectivity index (χ0n) is 16.2. The van der Waals surface area contributed by atoms with Crippen LogP contribution in [0.4, 0.5) is 13.2 Å². The molecule has 0 N–H and O–H groups in total. The molecule has 0 amide bonds. The van der Waals surface area contributed by atoms with Gasteiger partial charge in [0, 0.05) is 22.9 Å². The second-order valence-electron chi connectivity index (χ2n) is 6.35.